The molecule has 10 heteroatoms. The first-order valence-corrected chi connectivity index (χ1v) is 11.5. The number of ether oxygens (including phenoxy) is 1. The van der Waals surface area contributed by atoms with Crippen LogP contribution in [-0.4, -0.2) is 30.1 Å². The summed E-state index contributed by atoms with van der Waals surface area (Å²) in [4.78, 5) is 14.0. The standard InChI is InChI=1S/C26H26F6N2O2/c1-17(18-12-19(25(27,28)29)14-20(13-18)26(30,31)32)36-16-23(2)10-11-24(9-8-22(35)33-24)15-34(23)21-6-4-3-5-7-21/h3-7,10-14,17H,8-9,15-16H2,1-2H3,(H,33,35)/t17-,23-,24-/m1/s1. The second kappa shape index (κ2) is 9.14. The number of carbonyl (C=O) groups is 1. The number of nitrogens with one attached hydrogen (secondary N) is 1. The first kappa shape index (κ1) is 26.1. The molecule has 0 unspecified atom stereocenters. The minimum Gasteiger partial charge on any atom is -0.371 e. The number of alkyl halides is 6. The molecular formula is C26H26F6N2O2. The van der Waals surface area contributed by atoms with Crippen molar-refractivity contribution < 1.29 is 35.9 Å². The Hall–Kier alpha value is -3.01. The number of hydrogen-bond acceptors (Lipinski definition) is 3. The highest BCUT2D eigenvalue weighted by Crippen LogP contribution is 2.40. The SMILES string of the molecule is C[C@@H](OC[C@@]1(C)C=C[C@]2(CCC(=O)N2)CN1c1ccccc1)c1cc(C(F)(F)F)cc(C(F)(F)F)c1. The predicted molar refractivity (Wildman–Crippen MR) is 122 cm³/mol. The van der Waals surface area contributed by atoms with Gasteiger partial charge in [-0.3, -0.25) is 4.79 Å². The lowest BCUT2D eigenvalue weighted by Gasteiger charge is -2.49. The lowest BCUT2D eigenvalue weighted by atomic mass is 9.84. The van der Waals surface area contributed by atoms with Gasteiger partial charge in [-0.25, -0.2) is 0 Å². The molecular weight excluding hydrogens is 486 g/mol. The summed E-state index contributed by atoms with van der Waals surface area (Å²) < 4.78 is 85.7. The van der Waals surface area contributed by atoms with E-state index in [4.69, 9.17) is 4.74 Å². The van der Waals surface area contributed by atoms with E-state index in [2.05, 4.69) is 5.32 Å². The number of nitrogens with zero attached hydrogens (tertiary/aromatic N) is 1. The van der Waals surface area contributed by atoms with E-state index < -0.39 is 40.7 Å². The Morgan fingerprint density at radius 1 is 1.00 bits per heavy atom. The third-order valence-corrected chi connectivity index (χ3v) is 6.78. The second-order valence-corrected chi connectivity index (χ2v) is 9.61. The smallest absolute Gasteiger partial charge is 0.371 e. The summed E-state index contributed by atoms with van der Waals surface area (Å²) in [6.07, 6.45) is -6.10. The third-order valence-electron chi connectivity index (χ3n) is 6.78. The summed E-state index contributed by atoms with van der Waals surface area (Å²) in [5.41, 5.74) is -3.46. The van der Waals surface area contributed by atoms with Gasteiger partial charge < -0.3 is 15.0 Å². The number of amides is 1. The van der Waals surface area contributed by atoms with E-state index in [1.165, 1.54) is 6.92 Å². The number of benzene rings is 2. The fourth-order valence-electron chi connectivity index (χ4n) is 4.65. The molecule has 0 aliphatic carbocycles. The van der Waals surface area contributed by atoms with Crippen molar-refractivity contribution in [1.82, 2.24) is 5.32 Å². The van der Waals surface area contributed by atoms with Crippen LogP contribution in [-0.2, 0) is 21.9 Å². The lowest BCUT2D eigenvalue weighted by Crippen LogP contribution is -2.61. The number of carbonyl (C=O) groups excluding carboxylic acids is 1. The summed E-state index contributed by atoms with van der Waals surface area (Å²) in [5.74, 6) is -0.0499. The van der Waals surface area contributed by atoms with Crippen LogP contribution in [0.25, 0.3) is 0 Å². The van der Waals surface area contributed by atoms with Crippen LogP contribution in [0.3, 0.4) is 0 Å². The van der Waals surface area contributed by atoms with Gasteiger partial charge in [0.25, 0.3) is 0 Å². The summed E-state index contributed by atoms with van der Waals surface area (Å²) in [5, 5.41) is 3.02. The van der Waals surface area contributed by atoms with Crippen LogP contribution in [0.5, 0.6) is 0 Å². The van der Waals surface area contributed by atoms with Gasteiger partial charge in [-0.05, 0) is 56.2 Å². The number of para-hydroxylation sites is 1. The first-order valence-electron chi connectivity index (χ1n) is 11.5. The molecule has 1 N–H and O–H groups in total. The minimum absolute atomic E-state index is 0.0127. The van der Waals surface area contributed by atoms with Gasteiger partial charge in [0.15, 0.2) is 0 Å². The van der Waals surface area contributed by atoms with E-state index in [0.717, 1.165) is 5.69 Å². The molecule has 0 bridgehead atoms. The highest BCUT2D eigenvalue weighted by atomic mass is 19.4. The summed E-state index contributed by atoms with van der Waals surface area (Å²) in [7, 11) is 0. The van der Waals surface area contributed by atoms with E-state index in [-0.39, 0.29) is 24.1 Å². The van der Waals surface area contributed by atoms with E-state index in [0.29, 0.717) is 31.5 Å². The van der Waals surface area contributed by atoms with Gasteiger partial charge in [-0.2, -0.15) is 26.3 Å². The van der Waals surface area contributed by atoms with Crippen LogP contribution in [0.15, 0.2) is 60.7 Å². The molecule has 3 atom stereocenters. The molecule has 1 saturated heterocycles. The summed E-state index contributed by atoms with van der Waals surface area (Å²) in [6, 6.07) is 10.9. The maximum atomic E-state index is 13.3. The van der Waals surface area contributed by atoms with E-state index >= 15 is 0 Å². The number of rotatable bonds is 5. The molecule has 1 spiro atoms. The minimum atomic E-state index is -4.93. The summed E-state index contributed by atoms with van der Waals surface area (Å²) >= 11 is 0. The second-order valence-electron chi connectivity index (χ2n) is 9.61. The van der Waals surface area contributed by atoms with Crippen molar-refractivity contribution in [2.24, 2.45) is 0 Å². The molecule has 0 radical (unpaired) electrons. The zero-order chi connectivity index (χ0) is 26.4. The van der Waals surface area contributed by atoms with Crippen molar-refractivity contribution in [1.29, 1.82) is 0 Å². The van der Waals surface area contributed by atoms with Gasteiger partial charge in [0.05, 0.1) is 34.9 Å². The van der Waals surface area contributed by atoms with Gasteiger partial charge in [0.2, 0.25) is 5.91 Å². The largest absolute Gasteiger partial charge is 0.416 e. The van der Waals surface area contributed by atoms with Crippen molar-refractivity contribution >= 4 is 11.6 Å². The molecule has 1 fully saturated rings. The molecule has 4 rings (SSSR count). The van der Waals surface area contributed by atoms with Crippen molar-refractivity contribution in [2.45, 2.75) is 56.2 Å². The van der Waals surface area contributed by atoms with Crippen molar-refractivity contribution in [3.63, 3.8) is 0 Å². The van der Waals surface area contributed by atoms with Crippen LogP contribution >= 0.6 is 0 Å². The molecule has 4 nitrogen and oxygen atoms in total. The molecule has 2 aliphatic rings. The van der Waals surface area contributed by atoms with Crippen LogP contribution in [0.4, 0.5) is 32.0 Å². The normalized spacial score (nSPS) is 25.3. The van der Waals surface area contributed by atoms with E-state index in [1.807, 2.05) is 54.3 Å². The van der Waals surface area contributed by atoms with Crippen LogP contribution < -0.4 is 10.2 Å². The van der Waals surface area contributed by atoms with Gasteiger partial charge in [0.1, 0.15) is 0 Å². The monoisotopic (exact) mass is 512 g/mol. The number of halogens is 6. The number of anilines is 1. The molecule has 2 aliphatic heterocycles. The van der Waals surface area contributed by atoms with Crippen molar-refractivity contribution in [2.75, 3.05) is 18.1 Å². The first-order chi connectivity index (χ1) is 16.7. The summed E-state index contributed by atoms with van der Waals surface area (Å²) in [6.45, 7) is 3.73. The Balaban J connectivity index is 1.62. The Morgan fingerprint density at radius 3 is 2.14 bits per heavy atom. The Kier molecular flexibility index (Phi) is 6.61. The number of hydrogen-bond donors (Lipinski definition) is 1. The zero-order valence-corrected chi connectivity index (χ0v) is 19.7. The molecule has 0 saturated carbocycles. The highest BCUT2D eigenvalue weighted by Gasteiger charge is 2.45. The van der Waals surface area contributed by atoms with Gasteiger partial charge in [-0.15, -0.1) is 0 Å². The fourth-order valence-corrected chi connectivity index (χ4v) is 4.65. The quantitative estimate of drug-likeness (QED) is 0.379. The van der Waals surface area contributed by atoms with E-state index in [1.54, 1.807) is 0 Å². The lowest BCUT2D eigenvalue weighted by molar-refractivity contribution is -0.143. The van der Waals surface area contributed by atoms with Gasteiger partial charge in [0, 0.05) is 18.7 Å². The highest BCUT2D eigenvalue weighted by molar-refractivity contribution is 5.80. The maximum absolute atomic E-state index is 13.3. The zero-order valence-electron chi connectivity index (χ0n) is 19.7. The van der Waals surface area contributed by atoms with Crippen LogP contribution in [0.2, 0.25) is 0 Å². The molecule has 2 heterocycles. The topological polar surface area (TPSA) is 41.6 Å². The molecule has 1 amide bonds. The van der Waals surface area contributed by atoms with Crippen LogP contribution in [0, 0.1) is 0 Å². The maximum Gasteiger partial charge on any atom is 0.416 e. The Labute approximate surface area is 204 Å². The fraction of sp³-hybridized carbons (Fsp3) is 0.423. The van der Waals surface area contributed by atoms with Gasteiger partial charge >= 0.3 is 12.4 Å². The van der Waals surface area contributed by atoms with Crippen molar-refractivity contribution in [3.8, 4) is 0 Å². The molecule has 2 aromatic carbocycles. The average molecular weight is 512 g/mol. The molecule has 0 aromatic heterocycles. The van der Waals surface area contributed by atoms with Gasteiger partial charge in [-0.1, -0.05) is 30.4 Å². The van der Waals surface area contributed by atoms with Crippen molar-refractivity contribution in [3.05, 3.63) is 77.4 Å². The predicted octanol–water partition coefficient (Wildman–Crippen LogP) is 6.29. The Morgan fingerprint density at radius 2 is 1.61 bits per heavy atom. The van der Waals surface area contributed by atoms with E-state index in [9.17, 15) is 31.1 Å². The Bertz CT molecular complexity index is 1120. The molecule has 2 aromatic rings. The molecule has 194 valence electrons. The average Bonchev–Trinajstić information content (AvgIpc) is 3.18. The third kappa shape index (κ3) is 5.38. The van der Waals surface area contributed by atoms with Crippen LogP contribution in [0.1, 0.15) is 49.5 Å². The molecule has 36 heavy (non-hydrogen) atoms.